The second kappa shape index (κ2) is 8.10. The van der Waals surface area contributed by atoms with Crippen LogP contribution in [0.15, 0.2) is 23.1 Å². The van der Waals surface area contributed by atoms with Gasteiger partial charge < -0.3 is 10.5 Å². The van der Waals surface area contributed by atoms with Gasteiger partial charge in [-0.3, -0.25) is 0 Å². The first-order valence-electron chi connectivity index (χ1n) is 7.39. The van der Waals surface area contributed by atoms with Gasteiger partial charge in [0, 0.05) is 12.6 Å². The van der Waals surface area contributed by atoms with Crippen LogP contribution in [-0.2, 0) is 14.8 Å². The number of nitrogens with two attached hydrogens (primary N) is 1. The van der Waals surface area contributed by atoms with E-state index in [1.807, 2.05) is 0 Å². The fourth-order valence-electron chi connectivity index (χ4n) is 2.33. The molecule has 0 aliphatic heterocycles. The topological polar surface area (TPSA) is 98.5 Å². The van der Waals surface area contributed by atoms with Gasteiger partial charge in [-0.05, 0) is 50.3 Å². The molecule has 1 aliphatic rings. The van der Waals surface area contributed by atoms with Gasteiger partial charge in [-0.1, -0.05) is 6.07 Å². The van der Waals surface area contributed by atoms with Gasteiger partial charge in [-0.25, -0.2) is 17.9 Å². The Morgan fingerprint density at radius 3 is 2.61 bits per heavy atom. The van der Waals surface area contributed by atoms with Gasteiger partial charge in [-0.2, -0.15) is 0 Å². The molecule has 8 heteroatoms. The molecule has 0 aromatic heterocycles. The van der Waals surface area contributed by atoms with Crippen molar-refractivity contribution in [3.8, 4) is 0 Å². The first-order valence-corrected chi connectivity index (χ1v) is 8.87. The molecule has 0 amide bonds. The number of esters is 1. The summed E-state index contributed by atoms with van der Waals surface area (Å²) in [6.07, 6.45) is 1.98. The number of aryl methyl sites for hydroxylation is 1. The van der Waals surface area contributed by atoms with E-state index in [0.717, 1.165) is 12.8 Å². The number of hydrogen-bond acceptors (Lipinski definition) is 5. The molecule has 23 heavy (non-hydrogen) atoms. The minimum absolute atomic E-state index is 0. The maximum Gasteiger partial charge on any atom is 0.338 e. The van der Waals surface area contributed by atoms with Gasteiger partial charge in [0.1, 0.15) is 0 Å². The lowest BCUT2D eigenvalue weighted by Gasteiger charge is -2.17. The van der Waals surface area contributed by atoms with E-state index in [1.165, 1.54) is 6.07 Å². The minimum atomic E-state index is -3.72. The molecule has 1 unspecified atom stereocenters. The number of ether oxygens (including phenoxy) is 1. The Labute approximate surface area is 143 Å². The summed E-state index contributed by atoms with van der Waals surface area (Å²) in [5, 5.41) is 0. The number of nitrogens with one attached hydrogen (secondary N) is 1. The van der Waals surface area contributed by atoms with Crippen LogP contribution in [0.3, 0.4) is 0 Å². The monoisotopic (exact) mass is 362 g/mol. The van der Waals surface area contributed by atoms with Crippen LogP contribution in [0, 0.1) is 12.8 Å². The minimum Gasteiger partial charge on any atom is -0.462 e. The highest BCUT2D eigenvalue weighted by Crippen LogP contribution is 2.33. The molecule has 3 N–H and O–H groups in total. The van der Waals surface area contributed by atoms with Crippen LogP contribution in [0.25, 0.3) is 0 Å². The van der Waals surface area contributed by atoms with Gasteiger partial charge in [0.25, 0.3) is 0 Å². The van der Waals surface area contributed by atoms with E-state index in [2.05, 4.69) is 4.72 Å². The summed E-state index contributed by atoms with van der Waals surface area (Å²) in [6.45, 7) is 3.90. The standard InChI is InChI=1S/C15H22N2O4S.ClH/c1-3-21-15(18)12-5-4-10(2)14(8-12)22(19,20)17-13(9-16)11-6-7-11;/h4-5,8,11,13,17H,3,6-7,9,16H2,1-2H3;1H. The van der Waals surface area contributed by atoms with Crippen LogP contribution in [0.2, 0.25) is 0 Å². The number of hydrogen-bond donors (Lipinski definition) is 2. The van der Waals surface area contributed by atoms with Crippen LogP contribution in [0.5, 0.6) is 0 Å². The molecule has 0 heterocycles. The molecule has 2 rings (SSSR count). The lowest BCUT2D eigenvalue weighted by atomic mass is 10.1. The highest BCUT2D eigenvalue weighted by Gasteiger charge is 2.34. The fourth-order valence-corrected chi connectivity index (χ4v) is 3.92. The smallest absolute Gasteiger partial charge is 0.338 e. The predicted molar refractivity (Wildman–Crippen MR) is 90.3 cm³/mol. The summed E-state index contributed by atoms with van der Waals surface area (Å²) in [5.74, 6) is -0.218. The second-order valence-corrected chi connectivity index (χ2v) is 7.18. The molecule has 0 spiro atoms. The second-order valence-electron chi connectivity index (χ2n) is 5.50. The van der Waals surface area contributed by atoms with Crippen LogP contribution < -0.4 is 10.5 Å². The Hall–Kier alpha value is -1.15. The number of benzene rings is 1. The molecule has 0 radical (unpaired) electrons. The van der Waals surface area contributed by atoms with Crippen molar-refractivity contribution in [3.63, 3.8) is 0 Å². The van der Waals surface area contributed by atoms with E-state index in [-0.39, 0.29) is 42.1 Å². The van der Waals surface area contributed by atoms with Crippen LogP contribution >= 0.6 is 12.4 Å². The first kappa shape index (κ1) is 19.9. The van der Waals surface area contributed by atoms with Crippen molar-refractivity contribution in [3.05, 3.63) is 29.3 Å². The SMILES string of the molecule is CCOC(=O)c1ccc(C)c(S(=O)(=O)NC(CN)C2CC2)c1.Cl. The van der Waals surface area contributed by atoms with Crippen molar-refractivity contribution in [1.82, 2.24) is 4.72 Å². The Balaban J connectivity index is 0.00000264. The van der Waals surface area contributed by atoms with Crippen LogP contribution in [0.1, 0.15) is 35.7 Å². The van der Waals surface area contributed by atoms with E-state index in [1.54, 1.807) is 26.0 Å². The molecule has 0 saturated heterocycles. The molecule has 1 aromatic carbocycles. The highest BCUT2D eigenvalue weighted by molar-refractivity contribution is 7.89. The van der Waals surface area contributed by atoms with Gasteiger partial charge >= 0.3 is 5.97 Å². The number of carbonyl (C=O) groups excluding carboxylic acids is 1. The normalized spacial score (nSPS) is 15.6. The zero-order chi connectivity index (χ0) is 16.3. The molecule has 6 nitrogen and oxygen atoms in total. The van der Waals surface area contributed by atoms with Gasteiger partial charge in [0.2, 0.25) is 10.0 Å². The summed E-state index contributed by atoms with van der Waals surface area (Å²) < 4.78 is 32.7. The van der Waals surface area contributed by atoms with Gasteiger partial charge in [-0.15, -0.1) is 12.4 Å². The summed E-state index contributed by atoms with van der Waals surface area (Å²) in [7, 11) is -3.72. The zero-order valence-electron chi connectivity index (χ0n) is 13.2. The predicted octanol–water partition coefficient (Wildman–Crippen LogP) is 1.61. The molecule has 1 fully saturated rings. The molecule has 1 aromatic rings. The zero-order valence-corrected chi connectivity index (χ0v) is 14.9. The molecular formula is C15H23ClN2O4S. The van der Waals surface area contributed by atoms with Crippen LogP contribution in [0.4, 0.5) is 0 Å². The number of carbonyl (C=O) groups is 1. The molecule has 1 saturated carbocycles. The largest absolute Gasteiger partial charge is 0.462 e. The first-order chi connectivity index (χ1) is 10.4. The van der Waals surface area contributed by atoms with E-state index in [0.29, 0.717) is 11.5 Å². The number of sulfonamides is 1. The Morgan fingerprint density at radius 1 is 1.43 bits per heavy atom. The average molecular weight is 363 g/mol. The summed E-state index contributed by atoms with van der Waals surface area (Å²) >= 11 is 0. The number of rotatable bonds is 7. The van der Waals surface area contributed by atoms with E-state index in [9.17, 15) is 13.2 Å². The van der Waals surface area contributed by atoms with Crippen molar-refractivity contribution in [2.45, 2.75) is 37.6 Å². The Bertz CT molecular complexity index is 659. The maximum absolute atomic E-state index is 12.6. The van der Waals surface area contributed by atoms with Crippen molar-refractivity contribution < 1.29 is 17.9 Å². The Kier molecular flexibility index (Phi) is 7.01. The lowest BCUT2D eigenvalue weighted by molar-refractivity contribution is 0.0526. The quantitative estimate of drug-likeness (QED) is 0.718. The highest BCUT2D eigenvalue weighted by atomic mass is 35.5. The summed E-state index contributed by atoms with van der Waals surface area (Å²) in [5.41, 5.74) is 6.46. The molecular weight excluding hydrogens is 340 g/mol. The third-order valence-electron chi connectivity index (χ3n) is 3.74. The van der Waals surface area contributed by atoms with E-state index in [4.69, 9.17) is 10.5 Å². The van der Waals surface area contributed by atoms with Crippen molar-refractivity contribution in [1.29, 1.82) is 0 Å². The van der Waals surface area contributed by atoms with Crippen molar-refractivity contribution >= 4 is 28.4 Å². The van der Waals surface area contributed by atoms with Gasteiger partial charge in [0.05, 0.1) is 17.1 Å². The lowest BCUT2D eigenvalue weighted by Crippen LogP contribution is -2.41. The average Bonchev–Trinajstić information content (AvgIpc) is 3.30. The summed E-state index contributed by atoms with van der Waals surface area (Å²) in [6, 6.07) is 4.27. The third-order valence-corrected chi connectivity index (χ3v) is 5.37. The van der Waals surface area contributed by atoms with Crippen molar-refractivity contribution in [2.75, 3.05) is 13.2 Å². The summed E-state index contributed by atoms with van der Waals surface area (Å²) in [4.78, 5) is 11.9. The molecule has 0 bridgehead atoms. The molecule has 1 atom stereocenters. The van der Waals surface area contributed by atoms with E-state index >= 15 is 0 Å². The molecule has 1 aliphatic carbocycles. The Morgan fingerprint density at radius 2 is 2.09 bits per heavy atom. The van der Waals surface area contributed by atoms with Gasteiger partial charge in [0.15, 0.2) is 0 Å². The fraction of sp³-hybridized carbons (Fsp3) is 0.533. The maximum atomic E-state index is 12.6. The van der Waals surface area contributed by atoms with E-state index < -0.39 is 16.0 Å². The van der Waals surface area contributed by atoms with Crippen LogP contribution in [-0.4, -0.2) is 33.6 Å². The number of halogens is 1. The third kappa shape index (κ3) is 4.91. The molecule has 130 valence electrons. The van der Waals surface area contributed by atoms with Crippen molar-refractivity contribution in [2.24, 2.45) is 11.7 Å².